The van der Waals surface area contributed by atoms with Crippen LogP contribution >= 0.6 is 11.8 Å². The summed E-state index contributed by atoms with van der Waals surface area (Å²) in [6, 6.07) is 3.46. The second-order valence-electron chi connectivity index (χ2n) is 7.72. The number of cyclic esters (lactones) is 1. The van der Waals surface area contributed by atoms with Crippen LogP contribution < -0.4 is 25.8 Å². The van der Waals surface area contributed by atoms with Crippen molar-refractivity contribution in [2.24, 2.45) is 7.05 Å². The zero-order chi connectivity index (χ0) is 23.7. The van der Waals surface area contributed by atoms with Gasteiger partial charge in [0.15, 0.2) is 17.3 Å². The molecule has 0 unspecified atom stereocenters. The number of nitrogens with zero attached hydrogens (tertiary/aromatic N) is 6. The Kier molecular flexibility index (Phi) is 6.02. The van der Waals surface area contributed by atoms with E-state index in [1.165, 1.54) is 15.7 Å². The minimum Gasteiger partial charge on any atom is -0.476 e. The van der Waals surface area contributed by atoms with Crippen LogP contribution in [0.15, 0.2) is 46.6 Å². The van der Waals surface area contributed by atoms with Crippen molar-refractivity contribution in [1.29, 1.82) is 0 Å². The summed E-state index contributed by atoms with van der Waals surface area (Å²) in [6.07, 6.45) is 2.05. The number of aromatic nitrogens is 5. The number of aryl methyl sites for hydroxylation is 1. The molecule has 5 heterocycles. The van der Waals surface area contributed by atoms with Gasteiger partial charge in [-0.15, -0.1) is 0 Å². The van der Waals surface area contributed by atoms with E-state index in [4.69, 9.17) is 9.47 Å². The van der Waals surface area contributed by atoms with Gasteiger partial charge in [-0.2, -0.15) is 4.98 Å². The largest absolute Gasteiger partial charge is 0.476 e. The van der Waals surface area contributed by atoms with Crippen LogP contribution in [0.25, 0.3) is 11.2 Å². The fourth-order valence-corrected chi connectivity index (χ4v) is 4.26. The van der Waals surface area contributed by atoms with Crippen LogP contribution in [0, 0.1) is 0 Å². The molecule has 0 aromatic carbocycles. The Hall–Kier alpha value is -3.71. The summed E-state index contributed by atoms with van der Waals surface area (Å²) < 4.78 is 12.6. The number of anilines is 2. The van der Waals surface area contributed by atoms with E-state index in [1.807, 2.05) is 0 Å². The lowest BCUT2D eigenvalue weighted by atomic mass is 10.3. The van der Waals surface area contributed by atoms with Crippen molar-refractivity contribution in [3.05, 3.63) is 47.2 Å². The van der Waals surface area contributed by atoms with Gasteiger partial charge in [-0.05, 0) is 6.07 Å². The maximum absolute atomic E-state index is 12.4. The molecule has 0 bridgehead atoms. The fraction of sp³-hybridized carbons (Fsp3) is 0.333. The van der Waals surface area contributed by atoms with Gasteiger partial charge in [0.2, 0.25) is 5.88 Å². The van der Waals surface area contributed by atoms with Crippen molar-refractivity contribution in [3.63, 3.8) is 0 Å². The number of ether oxygens (including phenoxy) is 2. The Morgan fingerprint density at radius 3 is 3.06 bits per heavy atom. The van der Waals surface area contributed by atoms with Gasteiger partial charge in [-0.3, -0.25) is 14.3 Å². The fourth-order valence-electron chi connectivity index (χ4n) is 3.52. The number of amides is 1. The maximum Gasteiger partial charge on any atom is 0.416 e. The average Bonchev–Trinajstić information content (AvgIpc) is 3.21. The van der Waals surface area contributed by atoms with Gasteiger partial charge in [0.05, 0.1) is 18.9 Å². The van der Waals surface area contributed by atoms with E-state index >= 15 is 0 Å². The number of pyridine rings is 1. The first kappa shape index (κ1) is 22.1. The van der Waals surface area contributed by atoms with Crippen LogP contribution in [-0.4, -0.2) is 68.7 Å². The quantitative estimate of drug-likeness (QED) is 0.469. The number of rotatable bonds is 7. The molecule has 12 nitrogen and oxygen atoms in total. The van der Waals surface area contributed by atoms with Crippen molar-refractivity contribution in [2.45, 2.75) is 11.1 Å². The molecular formula is C21H22N8O4S. The summed E-state index contributed by atoms with van der Waals surface area (Å²) >= 11 is 1.55. The first-order valence-electron chi connectivity index (χ1n) is 10.6. The third-order valence-electron chi connectivity index (χ3n) is 5.25. The van der Waals surface area contributed by atoms with Gasteiger partial charge in [-0.1, -0.05) is 18.3 Å². The highest BCUT2D eigenvalue weighted by molar-refractivity contribution is 7.99. The predicted molar refractivity (Wildman–Crippen MR) is 126 cm³/mol. The predicted octanol–water partition coefficient (Wildman–Crippen LogP) is 1.14. The molecule has 0 spiro atoms. The van der Waals surface area contributed by atoms with Crippen LogP contribution in [0.1, 0.15) is 0 Å². The molecule has 0 saturated carbocycles. The van der Waals surface area contributed by atoms with Crippen LogP contribution in [0.3, 0.4) is 0 Å². The van der Waals surface area contributed by atoms with Crippen molar-refractivity contribution < 1.29 is 14.3 Å². The first-order chi connectivity index (χ1) is 16.5. The van der Waals surface area contributed by atoms with E-state index < -0.39 is 6.09 Å². The maximum atomic E-state index is 12.4. The molecule has 3 aromatic heterocycles. The lowest BCUT2D eigenvalue weighted by Gasteiger charge is -2.19. The van der Waals surface area contributed by atoms with Gasteiger partial charge in [0.25, 0.3) is 5.56 Å². The molecule has 1 saturated heterocycles. The van der Waals surface area contributed by atoms with E-state index in [0.29, 0.717) is 54.9 Å². The highest BCUT2D eigenvalue weighted by atomic mass is 32.2. The molecule has 5 rings (SSSR count). The van der Waals surface area contributed by atoms with Gasteiger partial charge in [0.1, 0.15) is 23.3 Å². The SMILES string of the molecule is C=C1CSc2ncc(N3C[C@H](CNCCOc4ccc5ncc(=O)n(C)c5n4)OC3=O)nc2N1. The number of nitrogens with one attached hydrogen (secondary N) is 2. The molecule has 0 radical (unpaired) electrons. The lowest BCUT2D eigenvalue weighted by molar-refractivity contribution is 0.139. The Labute approximate surface area is 198 Å². The lowest BCUT2D eigenvalue weighted by Crippen LogP contribution is -2.33. The molecule has 2 aliphatic heterocycles. The number of fused-ring (bicyclic) bond motifs is 2. The normalized spacial score (nSPS) is 17.4. The summed E-state index contributed by atoms with van der Waals surface area (Å²) in [5, 5.41) is 7.10. The van der Waals surface area contributed by atoms with Crippen LogP contribution in [0.2, 0.25) is 0 Å². The molecular weight excluding hydrogens is 460 g/mol. The van der Waals surface area contributed by atoms with Crippen LogP contribution in [-0.2, 0) is 11.8 Å². The highest BCUT2D eigenvalue weighted by Crippen LogP contribution is 2.32. The molecule has 2 N–H and O–H groups in total. The molecule has 13 heteroatoms. The second-order valence-corrected chi connectivity index (χ2v) is 8.68. The number of carbonyl (C=O) groups is 1. The minimum absolute atomic E-state index is 0.235. The van der Waals surface area contributed by atoms with Crippen molar-refractivity contribution in [1.82, 2.24) is 29.8 Å². The van der Waals surface area contributed by atoms with Gasteiger partial charge < -0.3 is 20.1 Å². The van der Waals surface area contributed by atoms with E-state index in [1.54, 1.807) is 37.1 Å². The van der Waals surface area contributed by atoms with Gasteiger partial charge in [0, 0.05) is 37.7 Å². The third kappa shape index (κ3) is 4.52. The zero-order valence-electron chi connectivity index (χ0n) is 18.4. The Morgan fingerprint density at radius 2 is 2.18 bits per heavy atom. The summed E-state index contributed by atoms with van der Waals surface area (Å²) in [5.74, 6) is 2.17. The summed E-state index contributed by atoms with van der Waals surface area (Å²) in [5.41, 5.74) is 1.68. The Bertz CT molecular complexity index is 1330. The van der Waals surface area contributed by atoms with Gasteiger partial charge in [-0.25, -0.2) is 19.7 Å². The van der Waals surface area contributed by atoms with E-state index in [-0.39, 0.29) is 11.7 Å². The summed E-state index contributed by atoms with van der Waals surface area (Å²) in [6.45, 7) is 5.59. The van der Waals surface area contributed by atoms with E-state index in [9.17, 15) is 9.59 Å². The smallest absolute Gasteiger partial charge is 0.416 e. The number of thioether (sulfide) groups is 1. The Balaban J connectivity index is 1.11. The monoisotopic (exact) mass is 482 g/mol. The number of carbonyl (C=O) groups excluding carboxylic acids is 1. The molecule has 34 heavy (non-hydrogen) atoms. The topological polar surface area (TPSA) is 136 Å². The third-order valence-corrected chi connectivity index (χ3v) is 6.31. The number of hydrogen-bond donors (Lipinski definition) is 2. The molecule has 3 aromatic rings. The van der Waals surface area contributed by atoms with Crippen LogP contribution in [0.4, 0.5) is 16.4 Å². The summed E-state index contributed by atoms with van der Waals surface area (Å²) in [4.78, 5) is 42.9. The summed E-state index contributed by atoms with van der Waals surface area (Å²) in [7, 11) is 1.64. The molecule has 176 valence electrons. The minimum atomic E-state index is -0.459. The molecule has 2 aliphatic rings. The number of hydrogen-bond acceptors (Lipinski definition) is 11. The van der Waals surface area contributed by atoms with E-state index in [0.717, 1.165) is 16.5 Å². The van der Waals surface area contributed by atoms with Crippen molar-refractivity contribution >= 4 is 40.7 Å². The first-order valence-corrected chi connectivity index (χ1v) is 11.6. The van der Waals surface area contributed by atoms with Crippen molar-refractivity contribution in [2.75, 3.05) is 42.2 Å². The second kappa shape index (κ2) is 9.27. The standard InChI is InChI=1S/C21H22N8O4S/c1-12-11-34-20-18(25-12)26-15(8-24-20)29-10-13(33-21(29)31)7-22-5-6-32-16-4-3-14-19(27-16)28(2)17(30)9-23-14/h3-4,8-9,13,22H,1,5-7,10-11H2,2H3,(H,25,26)/t13-/m0/s1. The molecule has 0 aliphatic carbocycles. The van der Waals surface area contributed by atoms with Gasteiger partial charge >= 0.3 is 6.09 Å². The van der Waals surface area contributed by atoms with Crippen LogP contribution in [0.5, 0.6) is 5.88 Å². The highest BCUT2D eigenvalue weighted by Gasteiger charge is 2.33. The average molecular weight is 483 g/mol. The zero-order valence-corrected chi connectivity index (χ0v) is 19.2. The van der Waals surface area contributed by atoms with Crippen molar-refractivity contribution in [3.8, 4) is 5.88 Å². The Morgan fingerprint density at radius 1 is 1.29 bits per heavy atom. The molecule has 1 atom stereocenters. The van der Waals surface area contributed by atoms with E-state index in [2.05, 4.69) is 37.1 Å². The molecule has 1 fully saturated rings. The molecule has 1 amide bonds.